The maximum atomic E-state index is 13.1. The van der Waals surface area contributed by atoms with E-state index in [1.807, 2.05) is 6.92 Å². The zero-order valence-electron chi connectivity index (χ0n) is 18.5. The van der Waals surface area contributed by atoms with Crippen LogP contribution in [0.3, 0.4) is 0 Å². The summed E-state index contributed by atoms with van der Waals surface area (Å²) in [6.07, 6.45) is 3.48. The van der Waals surface area contributed by atoms with Crippen molar-refractivity contribution in [3.8, 4) is 0 Å². The van der Waals surface area contributed by atoms with Gasteiger partial charge in [-0.3, -0.25) is 9.79 Å². The molecule has 0 spiro atoms. The summed E-state index contributed by atoms with van der Waals surface area (Å²) < 4.78 is 24.1. The molecule has 1 saturated heterocycles. The van der Waals surface area contributed by atoms with Crippen LogP contribution in [-0.2, 0) is 20.7 Å². The van der Waals surface area contributed by atoms with Crippen molar-refractivity contribution in [3.63, 3.8) is 0 Å². The second-order valence-electron chi connectivity index (χ2n) is 7.53. The Hall–Kier alpha value is -1.46. The first kappa shape index (κ1) is 27.6. The second kappa shape index (κ2) is 15.4. The Morgan fingerprint density at radius 1 is 1.29 bits per heavy atom. The zero-order chi connectivity index (χ0) is 21.8. The van der Waals surface area contributed by atoms with E-state index in [2.05, 4.69) is 15.2 Å². The van der Waals surface area contributed by atoms with Gasteiger partial charge in [0.15, 0.2) is 5.96 Å². The van der Waals surface area contributed by atoms with Gasteiger partial charge >= 0.3 is 0 Å². The van der Waals surface area contributed by atoms with Crippen molar-refractivity contribution >= 4 is 35.8 Å². The molecule has 0 aromatic heterocycles. The summed E-state index contributed by atoms with van der Waals surface area (Å²) in [6, 6.07) is 6.14. The number of amides is 1. The van der Waals surface area contributed by atoms with Crippen LogP contribution in [0.25, 0.3) is 0 Å². The fraction of sp³-hybridized carbons (Fsp3) is 0.636. The van der Waals surface area contributed by atoms with Gasteiger partial charge in [0.1, 0.15) is 5.82 Å². The predicted molar refractivity (Wildman–Crippen MR) is 131 cm³/mol. The third-order valence-corrected chi connectivity index (χ3v) is 5.18. The Morgan fingerprint density at radius 2 is 1.97 bits per heavy atom. The molecule has 1 aromatic carbocycles. The predicted octanol–water partition coefficient (Wildman–Crippen LogP) is 2.57. The lowest BCUT2D eigenvalue weighted by Crippen LogP contribution is -2.47. The van der Waals surface area contributed by atoms with E-state index in [9.17, 15) is 9.18 Å². The van der Waals surface area contributed by atoms with Crippen LogP contribution >= 0.6 is 24.0 Å². The van der Waals surface area contributed by atoms with Crippen molar-refractivity contribution in [2.24, 2.45) is 16.6 Å². The second-order valence-corrected chi connectivity index (χ2v) is 7.53. The van der Waals surface area contributed by atoms with E-state index in [1.165, 1.54) is 12.1 Å². The topological polar surface area (TPSA) is 89.2 Å². The van der Waals surface area contributed by atoms with E-state index in [-0.39, 0.29) is 35.9 Å². The van der Waals surface area contributed by atoms with Crippen molar-refractivity contribution in [1.29, 1.82) is 0 Å². The van der Waals surface area contributed by atoms with Crippen LogP contribution in [-0.4, -0.2) is 69.4 Å². The minimum Gasteiger partial charge on any atom is -0.385 e. The van der Waals surface area contributed by atoms with Gasteiger partial charge in [0.25, 0.3) is 0 Å². The van der Waals surface area contributed by atoms with Gasteiger partial charge < -0.3 is 25.4 Å². The van der Waals surface area contributed by atoms with Crippen LogP contribution in [0.15, 0.2) is 29.3 Å². The number of methoxy groups -OCH3 is 1. The van der Waals surface area contributed by atoms with E-state index in [1.54, 1.807) is 19.2 Å². The molecule has 0 saturated carbocycles. The number of hydrogen-bond acceptors (Lipinski definition) is 4. The number of piperidine rings is 1. The molecule has 0 aliphatic carbocycles. The van der Waals surface area contributed by atoms with Crippen LogP contribution in [0.5, 0.6) is 0 Å². The number of nitrogens with two attached hydrogens (primary N) is 1. The summed E-state index contributed by atoms with van der Waals surface area (Å²) in [5.41, 5.74) is 6.46. The summed E-state index contributed by atoms with van der Waals surface area (Å²) >= 11 is 0. The van der Waals surface area contributed by atoms with Gasteiger partial charge in [-0.1, -0.05) is 12.1 Å². The fourth-order valence-corrected chi connectivity index (χ4v) is 3.47. The highest BCUT2D eigenvalue weighted by atomic mass is 127. The summed E-state index contributed by atoms with van der Waals surface area (Å²) in [6.45, 7) is 6.19. The van der Waals surface area contributed by atoms with Crippen molar-refractivity contribution in [2.75, 3.05) is 46.5 Å². The van der Waals surface area contributed by atoms with Crippen molar-refractivity contribution in [1.82, 2.24) is 10.2 Å². The highest BCUT2D eigenvalue weighted by molar-refractivity contribution is 14.0. The molecular weight excluding hydrogens is 514 g/mol. The maximum absolute atomic E-state index is 13.1. The quantitative estimate of drug-likeness (QED) is 0.192. The average molecular weight is 550 g/mol. The van der Waals surface area contributed by atoms with Gasteiger partial charge in [-0.25, -0.2) is 4.39 Å². The first-order chi connectivity index (χ1) is 14.5. The van der Waals surface area contributed by atoms with Crippen LogP contribution in [0, 0.1) is 11.7 Å². The number of benzene rings is 1. The molecule has 1 heterocycles. The molecule has 1 aliphatic heterocycles. The monoisotopic (exact) mass is 550 g/mol. The minimum atomic E-state index is -0.439. The lowest BCUT2D eigenvalue weighted by Gasteiger charge is -2.34. The molecule has 1 fully saturated rings. The third-order valence-electron chi connectivity index (χ3n) is 5.18. The van der Waals surface area contributed by atoms with Crippen LogP contribution < -0.4 is 11.1 Å². The van der Waals surface area contributed by atoms with Gasteiger partial charge in [0, 0.05) is 40.0 Å². The number of hydrogen-bond donors (Lipinski definition) is 2. The van der Waals surface area contributed by atoms with E-state index in [4.69, 9.17) is 15.2 Å². The number of nitrogens with one attached hydrogen (secondary N) is 1. The van der Waals surface area contributed by atoms with Crippen molar-refractivity contribution in [2.45, 2.75) is 38.7 Å². The maximum Gasteiger partial charge on any atom is 0.222 e. The largest absolute Gasteiger partial charge is 0.385 e. The Labute approximate surface area is 202 Å². The van der Waals surface area contributed by atoms with Crippen LogP contribution in [0.1, 0.15) is 31.7 Å². The smallest absolute Gasteiger partial charge is 0.222 e. The molecule has 1 unspecified atom stereocenters. The lowest BCUT2D eigenvalue weighted by molar-refractivity contribution is -0.121. The Morgan fingerprint density at radius 3 is 2.55 bits per heavy atom. The number of carbonyl (C=O) groups excluding carboxylic acids is 1. The summed E-state index contributed by atoms with van der Waals surface area (Å²) in [7, 11) is 1.70. The molecule has 1 aromatic rings. The van der Waals surface area contributed by atoms with Crippen molar-refractivity contribution < 1.29 is 18.7 Å². The standard InChI is InChI=1S/C22H35FN4O3.HI/c1-3-25-22(27-11-9-20(10-12-27)30-14-4-13-29-2)26-16-18(21(24)28)15-17-5-7-19(23)8-6-17;/h5-8,18,20H,3-4,9-16H2,1-2H3,(H2,24,28)(H,25,26);1H. The van der Waals surface area contributed by atoms with E-state index >= 15 is 0 Å². The minimum absolute atomic E-state index is 0. The molecule has 2 rings (SSSR count). The summed E-state index contributed by atoms with van der Waals surface area (Å²) in [5.74, 6) is -0.346. The normalized spacial score (nSPS) is 16.0. The third kappa shape index (κ3) is 10.1. The van der Waals surface area contributed by atoms with E-state index < -0.39 is 11.8 Å². The van der Waals surface area contributed by atoms with E-state index in [0.29, 0.717) is 13.0 Å². The Kier molecular flexibility index (Phi) is 13.7. The molecular formula is C22H36FIN4O3. The molecule has 1 atom stereocenters. The Bertz CT molecular complexity index is 667. The first-order valence-electron chi connectivity index (χ1n) is 10.7. The van der Waals surface area contributed by atoms with Gasteiger partial charge in [0.05, 0.1) is 18.6 Å². The number of ether oxygens (including phenoxy) is 2. The van der Waals surface area contributed by atoms with E-state index in [0.717, 1.165) is 63.6 Å². The number of aliphatic imine (C=N–C) groups is 1. The number of primary amides is 1. The number of rotatable bonds is 11. The number of likely N-dealkylation sites (tertiary alicyclic amines) is 1. The van der Waals surface area contributed by atoms with Crippen LogP contribution in [0.2, 0.25) is 0 Å². The number of carbonyl (C=O) groups is 1. The molecule has 1 amide bonds. The lowest BCUT2D eigenvalue weighted by atomic mass is 9.99. The number of nitrogens with zero attached hydrogens (tertiary/aromatic N) is 2. The average Bonchev–Trinajstić information content (AvgIpc) is 2.75. The molecule has 176 valence electrons. The fourth-order valence-electron chi connectivity index (χ4n) is 3.47. The van der Waals surface area contributed by atoms with Crippen molar-refractivity contribution in [3.05, 3.63) is 35.6 Å². The summed E-state index contributed by atoms with van der Waals surface area (Å²) in [4.78, 5) is 18.8. The van der Waals surface area contributed by atoms with Gasteiger partial charge in [-0.2, -0.15) is 0 Å². The van der Waals surface area contributed by atoms with Crippen LogP contribution in [0.4, 0.5) is 4.39 Å². The highest BCUT2D eigenvalue weighted by Gasteiger charge is 2.23. The zero-order valence-corrected chi connectivity index (χ0v) is 20.8. The SMILES string of the molecule is CCNC(=NCC(Cc1ccc(F)cc1)C(N)=O)N1CCC(OCCCOC)CC1.I. The summed E-state index contributed by atoms with van der Waals surface area (Å²) in [5, 5.41) is 3.31. The molecule has 7 nitrogen and oxygen atoms in total. The number of guanidine groups is 1. The molecule has 31 heavy (non-hydrogen) atoms. The molecule has 1 aliphatic rings. The highest BCUT2D eigenvalue weighted by Crippen LogP contribution is 2.15. The Balaban J connectivity index is 0.00000480. The van der Waals surface area contributed by atoms with Gasteiger partial charge in [0.2, 0.25) is 5.91 Å². The molecule has 3 N–H and O–H groups in total. The molecule has 9 heteroatoms. The first-order valence-corrected chi connectivity index (χ1v) is 10.7. The van der Waals surface area contributed by atoms with Gasteiger partial charge in [-0.05, 0) is 50.3 Å². The molecule has 0 radical (unpaired) electrons. The number of halogens is 2. The molecule has 0 bridgehead atoms. The van der Waals surface area contributed by atoms with Gasteiger partial charge in [-0.15, -0.1) is 24.0 Å².